The van der Waals surface area contributed by atoms with Crippen molar-refractivity contribution in [2.45, 2.75) is 13.0 Å². The number of aromatic nitrogens is 1. The number of hydrogen-bond acceptors (Lipinski definition) is 4. The third-order valence-electron chi connectivity index (χ3n) is 2.96. The zero-order valence-electron chi connectivity index (χ0n) is 11.5. The summed E-state index contributed by atoms with van der Waals surface area (Å²) in [5, 5.41) is 2.89. The van der Waals surface area contributed by atoms with E-state index in [2.05, 4.69) is 10.3 Å². The average Bonchev–Trinajstić information content (AvgIpc) is 2.47. The van der Waals surface area contributed by atoms with Crippen molar-refractivity contribution in [3.05, 3.63) is 53.9 Å². The Kier molecular flexibility index (Phi) is 4.20. The molecule has 0 saturated heterocycles. The van der Waals surface area contributed by atoms with Crippen molar-refractivity contribution in [2.24, 2.45) is 0 Å². The first-order valence-electron chi connectivity index (χ1n) is 6.26. The van der Waals surface area contributed by atoms with Gasteiger partial charge in [-0.1, -0.05) is 12.1 Å². The van der Waals surface area contributed by atoms with Gasteiger partial charge in [0.15, 0.2) is 0 Å². The van der Waals surface area contributed by atoms with Gasteiger partial charge in [0.1, 0.15) is 11.4 Å². The second-order valence-corrected chi connectivity index (χ2v) is 4.45. The maximum Gasteiger partial charge on any atom is 0.270 e. The monoisotopic (exact) mass is 271 g/mol. The number of benzene rings is 1. The minimum absolute atomic E-state index is 0.142. The van der Waals surface area contributed by atoms with Gasteiger partial charge < -0.3 is 15.8 Å². The van der Waals surface area contributed by atoms with Crippen molar-refractivity contribution in [2.75, 3.05) is 12.8 Å². The molecule has 5 heteroatoms. The van der Waals surface area contributed by atoms with Crippen LogP contribution in [-0.2, 0) is 0 Å². The molecule has 0 radical (unpaired) electrons. The van der Waals surface area contributed by atoms with E-state index >= 15 is 0 Å². The van der Waals surface area contributed by atoms with Crippen LogP contribution in [0.15, 0.2) is 42.6 Å². The Balaban J connectivity index is 2.08. The highest BCUT2D eigenvalue weighted by atomic mass is 16.5. The van der Waals surface area contributed by atoms with Crippen LogP contribution in [0.5, 0.6) is 5.75 Å². The van der Waals surface area contributed by atoms with Crippen molar-refractivity contribution >= 4 is 11.6 Å². The second kappa shape index (κ2) is 6.06. The highest BCUT2D eigenvalue weighted by molar-refractivity contribution is 5.92. The van der Waals surface area contributed by atoms with E-state index in [1.54, 1.807) is 19.2 Å². The Hall–Kier alpha value is -2.56. The lowest BCUT2D eigenvalue weighted by molar-refractivity contribution is 0.0935. The summed E-state index contributed by atoms with van der Waals surface area (Å²) in [4.78, 5) is 16.0. The molecule has 1 amide bonds. The molecule has 1 heterocycles. The molecular formula is C15H17N3O2. The Morgan fingerprint density at radius 2 is 2.15 bits per heavy atom. The van der Waals surface area contributed by atoms with Crippen LogP contribution in [0.4, 0.5) is 5.69 Å². The first-order valence-corrected chi connectivity index (χ1v) is 6.26. The minimum atomic E-state index is -0.236. The van der Waals surface area contributed by atoms with Gasteiger partial charge in [0.05, 0.1) is 25.0 Å². The summed E-state index contributed by atoms with van der Waals surface area (Å²) >= 11 is 0. The molecule has 0 bridgehead atoms. The van der Waals surface area contributed by atoms with Gasteiger partial charge in [-0.2, -0.15) is 0 Å². The smallest absolute Gasteiger partial charge is 0.270 e. The van der Waals surface area contributed by atoms with Gasteiger partial charge in [0, 0.05) is 0 Å². The normalized spacial score (nSPS) is 11.7. The number of carbonyl (C=O) groups excluding carboxylic acids is 1. The highest BCUT2D eigenvalue weighted by Crippen LogP contribution is 2.19. The van der Waals surface area contributed by atoms with Crippen LogP contribution < -0.4 is 15.8 Å². The van der Waals surface area contributed by atoms with E-state index in [4.69, 9.17) is 10.5 Å². The van der Waals surface area contributed by atoms with E-state index in [0.717, 1.165) is 11.3 Å². The Labute approximate surface area is 117 Å². The molecule has 5 nitrogen and oxygen atoms in total. The Bertz CT molecular complexity index is 596. The fourth-order valence-corrected chi connectivity index (χ4v) is 1.80. The topological polar surface area (TPSA) is 77.2 Å². The van der Waals surface area contributed by atoms with Gasteiger partial charge in [-0.25, -0.2) is 4.98 Å². The molecule has 0 spiro atoms. The summed E-state index contributed by atoms with van der Waals surface area (Å²) in [6, 6.07) is 10.7. The van der Waals surface area contributed by atoms with Gasteiger partial charge in [-0.15, -0.1) is 0 Å². The number of rotatable bonds is 4. The maximum atomic E-state index is 12.0. The third-order valence-corrected chi connectivity index (χ3v) is 2.96. The fraction of sp³-hybridized carbons (Fsp3) is 0.200. The van der Waals surface area contributed by atoms with E-state index in [-0.39, 0.29) is 11.9 Å². The molecule has 104 valence electrons. The molecule has 1 unspecified atom stereocenters. The van der Waals surface area contributed by atoms with E-state index < -0.39 is 0 Å². The van der Waals surface area contributed by atoms with Gasteiger partial charge in [-0.05, 0) is 36.8 Å². The number of carbonyl (C=O) groups is 1. The maximum absolute atomic E-state index is 12.0. The van der Waals surface area contributed by atoms with Crippen molar-refractivity contribution in [3.8, 4) is 5.75 Å². The number of pyridine rings is 1. The van der Waals surface area contributed by atoms with Gasteiger partial charge in [0.25, 0.3) is 5.91 Å². The summed E-state index contributed by atoms with van der Waals surface area (Å²) in [5.74, 6) is 0.523. The molecule has 3 N–H and O–H groups in total. The van der Waals surface area contributed by atoms with E-state index in [1.807, 2.05) is 31.2 Å². The zero-order valence-corrected chi connectivity index (χ0v) is 11.5. The molecular weight excluding hydrogens is 254 g/mol. The zero-order chi connectivity index (χ0) is 14.5. The number of nitrogen functional groups attached to an aromatic ring is 1. The van der Waals surface area contributed by atoms with Crippen LogP contribution in [0, 0.1) is 0 Å². The molecule has 0 saturated carbocycles. The molecule has 0 aliphatic heterocycles. The van der Waals surface area contributed by atoms with Crippen molar-refractivity contribution in [3.63, 3.8) is 0 Å². The predicted molar refractivity (Wildman–Crippen MR) is 77.5 cm³/mol. The number of hydrogen-bond donors (Lipinski definition) is 2. The van der Waals surface area contributed by atoms with Crippen LogP contribution in [0.25, 0.3) is 0 Å². The molecule has 1 aromatic heterocycles. The first kappa shape index (κ1) is 13.9. The van der Waals surface area contributed by atoms with Crippen LogP contribution in [0.1, 0.15) is 29.0 Å². The lowest BCUT2D eigenvalue weighted by Crippen LogP contribution is -2.27. The largest absolute Gasteiger partial charge is 0.497 e. The summed E-state index contributed by atoms with van der Waals surface area (Å²) < 4.78 is 5.17. The summed E-state index contributed by atoms with van der Waals surface area (Å²) in [6.07, 6.45) is 1.46. The molecule has 0 aliphatic rings. The lowest BCUT2D eigenvalue weighted by Gasteiger charge is -2.15. The van der Waals surface area contributed by atoms with E-state index in [1.165, 1.54) is 6.20 Å². The van der Waals surface area contributed by atoms with Crippen molar-refractivity contribution in [1.82, 2.24) is 10.3 Å². The van der Waals surface area contributed by atoms with Crippen LogP contribution in [0.3, 0.4) is 0 Å². The minimum Gasteiger partial charge on any atom is -0.497 e. The molecule has 2 rings (SSSR count). The average molecular weight is 271 g/mol. The number of nitrogens with two attached hydrogens (primary N) is 1. The number of methoxy groups -OCH3 is 1. The molecule has 2 aromatic rings. The molecule has 1 atom stereocenters. The summed E-state index contributed by atoms with van der Waals surface area (Å²) in [5.41, 5.74) is 7.38. The number of amides is 1. The first-order chi connectivity index (χ1) is 9.60. The quantitative estimate of drug-likeness (QED) is 0.893. The standard InChI is InChI=1S/C15H17N3O2/c1-10(11-4-3-5-13(8-11)20-2)18-15(19)14-7-6-12(16)9-17-14/h3-10H,16H2,1-2H3,(H,18,19). The molecule has 0 aliphatic carbocycles. The Morgan fingerprint density at radius 1 is 1.35 bits per heavy atom. The SMILES string of the molecule is COc1cccc(C(C)NC(=O)c2ccc(N)cn2)c1. The Morgan fingerprint density at radius 3 is 2.80 bits per heavy atom. The van der Waals surface area contributed by atoms with Crippen LogP contribution in [0.2, 0.25) is 0 Å². The van der Waals surface area contributed by atoms with Gasteiger partial charge >= 0.3 is 0 Å². The summed E-state index contributed by atoms with van der Waals surface area (Å²) in [7, 11) is 1.61. The molecule has 20 heavy (non-hydrogen) atoms. The van der Waals surface area contributed by atoms with Crippen LogP contribution >= 0.6 is 0 Å². The molecule has 1 aromatic carbocycles. The number of ether oxygens (including phenoxy) is 1. The number of nitrogens with zero attached hydrogens (tertiary/aromatic N) is 1. The predicted octanol–water partition coefficient (Wildman–Crippen LogP) is 2.16. The number of anilines is 1. The van der Waals surface area contributed by atoms with Crippen LogP contribution in [-0.4, -0.2) is 18.0 Å². The summed E-state index contributed by atoms with van der Waals surface area (Å²) in [6.45, 7) is 1.91. The second-order valence-electron chi connectivity index (χ2n) is 4.45. The lowest BCUT2D eigenvalue weighted by atomic mass is 10.1. The highest BCUT2D eigenvalue weighted by Gasteiger charge is 2.12. The molecule has 0 fully saturated rings. The third kappa shape index (κ3) is 3.26. The van der Waals surface area contributed by atoms with Gasteiger partial charge in [0.2, 0.25) is 0 Å². The number of nitrogens with one attached hydrogen (secondary N) is 1. The van der Waals surface area contributed by atoms with E-state index in [0.29, 0.717) is 11.4 Å². The fourth-order valence-electron chi connectivity index (χ4n) is 1.80. The van der Waals surface area contributed by atoms with E-state index in [9.17, 15) is 4.79 Å². The van der Waals surface area contributed by atoms with Gasteiger partial charge in [-0.3, -0.25) is 4.79 Å². The van der Waals surface area contributed by atoms with Crippen molar-refractivity contribution < 1.29 is 9.53 Å². The van der Waals surface area contributed by atoms with Crippen molar-refractivity contribution in [1.29, 1.82) is 0 Å².